The number of amides is 4. The van der Waals surface area contributed by atoms with E-state index < -0.39 is 12.0 Å². The Labute approximate surface area is 167 Å². The minimum Gasteiger partial charge on any atom is -0.480 e. The first kappa shape index (κ1) is 19.4. The zero-order valence-corrected chi connectivity index (χ0v) is 16.5. The van der Waals surface area contributed by atoms with E-state index in [4.69, 9.17) is 0 Å². The molecule has 0 aromatic heterocycles. The molecule has 0 saturated carbocycles. The van der Waals surface area contributed by atoms with Crippen molar-refractivity contribution in [1.29, 1.82) is 0 Å². The van der Waals surface area contributed by atoms with E-state index in [0.717, 1.165) is 12.8 Å². The molecule has 4 rings (SSSR count). The van der Waals surface area contributed by atoms with Crippen LogP contribution < -0.4 is 10.6 Å². The molecule has 4 aliphatic rings. The van der Waals surface area contributed by atoms with Crippen molar-refractivity contribution >= 4 is 35.6 Å². The van der Waals surface area contributed by atoms with E-state index >= 15 is 0 Å². The van der Waals surface area contributed by atoms with E-state index in [1.807, 2.05) is 4.90 Å². The number of carboxylic acid groups (broad SMARTS) is 1. The number of thioether (sulfide) groups is 1. The maximum atomic E-state index is 12.4. The normalized spacial score (nSPS) is 31.7. The van der Waals surface area contributed by atoms with Gasteiger partial charge in [0.1, 0.15) is 6.04 Å². The topological polar surface area (TPSA) is 119 Å². The molecule has 0 radical (unpaired) electrons. The van der Waals surface area contributed by atoms with Crippen LogP contribution in [-0.2, 0) is 14.4 Å². The molecule has 0 spiro atoms. The van der Waals surface area contributed by atoms with Gasteiger partial charge in [0.25, 0.3) is 0 Å². The number of likely N-dealkylation sites (tertiary alicyclic amines) is 2. The first-order valence-electron chi connectivity index (χ1n) is 9.98. The third kappa shape index (κ3) is 3.66. The first-order valence-corrected chi connectivity index (χ1v) is 10.9. The lowest BCUT2D eigenvalue weighted by Crippen LogP contribution is -2.47. The number of urea groups is 1. The fraction of sp³-hybridized carbons (Fsp3) is 0.778. The van der Waals surface area contributed by atoms with Gasteiger partial charge < -0.3 is 25.5 Å². The molecular weight excluding hydrogens is 384 g/mol. The summed E-state index contributed by atoms with van der Waals surface area (Å²) in [5, 5.41) is 15.6. The van der Waals surface area contributed by atoms with E-state index in [2.05, 4.69) is 10.6 Å². The van der Waals surface area contributed by atoms with Gasteiger partial charge in [-0.3, -0.25) is 9.59 Å². The van der Waals surface area contributed by atoms with Crippen molar-refractivity contribution in [3.63, 3.8) is 0 Å². The third-order valence-corrected chi connectivity index (χ3v) is 7.81. The Morgan fingerprint density at radius 2 is 1.75 bits per heavy atom. The van der Waals surface area contributed by atoms with Gasteiger partial charge in [0.05, 0.1) is 11.4 Å². The summed E-state index contributed by atoms with van der Waals surface area (Å²) in [6, 6.07) is -1.03. The van der Waals surface area contributed by atoms with Crippen LogP contribution >= 0.6 is 11.8 Å². The highest BCUT2D eigenvalue weighted by molar-refractivity contribution is 8.00. The first-order chi connectivity index (χ1) is 13.4. The Morgan fingerprint density at radius 3 is 2.32 bits per heavy atom. The van der Waals surface area contributed by atoms with Crippen LogP contribution in [0.25, 0.3) is 0 Å². The van der Waals surface area contributed by atoms with Crippen molar-refractivity contribution in [3.05, 3.63) is 0 Å². The van der Waals surface area contributed by atoms with Gasteiger partial charge in [0.15, 0.2) is 0 Å². The summed E-state index contributed by atoms with van der Waals surface area (Å²) in [7, 11) is 0. The molecule has 4 saturated heterocycles. The zero-order valence-electron chi connectivity index (χ0n) is 15.6. The van der Waals surface area contributed by atoms with Gasteiger partial charge in [-0.25, -0.2) is 9.59 Å². The third-order valence-electron chi connectivity index (χ3n) is 6.21. The molecule has 0 aliphatic carbocycles. The molecule has 4 heterocycles. The van der Waals surface area contributed by atoms with Crippen LogP contribution in [0.4, 0.5) is 4.79 Å². The lowest BCUT2D eigenvalue weighted by Gasteiger charge is -2.34. The maximum absolute atomic E-state index is 12.4. The second-order valence-corrected chi connectivity index (χ2v) is 9.32. The molecule has 5 unspecified atom stereocenters. The molecule has 0 bridgehead atoms. The Kier molecular flexibility index (Phi) is 5.39. The Balaban J connectivity index is 1.46. The van der Waals surface area contributed by atoms with Gasteiger partial charge in [-0.15, -0.1) is 11.8 Å². The number of nitrogens with zero attached hydrogens (tertiary/aromatic N) is 2. The van der Waals surface area contributed by atoms with Gasteiger partial charge in [-0.2, -0.15) is 0 Å². The highest BCUT2D eigenvalue weighted by Crippen LogP contribution is 2.40. The predicted octanol–water partition coefficient (Wildman–Crippen LogP) is 0.346. The molecule has 0 aromatic carbocycles. The van der Waals surface area contributed by atoms with Crippen molar-refractivity contribution in [2.24, 2.45) is 0 Å². The van der Waals surface area contributed by atoms with Crippen LogP contribution in [0.1, 0.15) is 44.9 Å². The maximum Gasteiger partial charge on any atom is 0.326 e. The summed E-state index contributed by atoms with van der Waals surface area (Å²) in [5.41, 5.74) is 0. The molecular formula is C18H26N4O5S. The predicted molar refractivity (Wildman–Crippen MR) is 102 cm³/mol. The van der Waals surface area contributed by atoms with Gasteiger partial charge in [0, 0.05) is 37.2 Å². The molecule has 28 heavy (non-hydrogen) atoms. The fourth-order valence-corrected chi connectivity index (χ4v) is 6.57. The Hall–Kier alpha value is -1.97. The van der Waals surface area contributed by atoms with E-state index in [-0.39, 0.29) is 40.6 Å². The van der Waals surface area contributed by atoms with Crippen LogP contribution in [0.5, 0.6) is 0 Å². The number of fused-ring (bicyclic) bond motifs is 1. The van der Waals surface area contributed by atoms with Gasteiger partial charge >= 0.3 is 12.0 Å². The number of rotatable bonds is 7. The van der Waals surface area contributed by atoms with Crippen molar-refractivity contribution in [1.82, 2.24) is 20.4 Å². The van der Waals surface area contributed by atoms with Gasteiger partial charge in [-0.1, -0.05) is 0 Å². The molecule has 3 N–H and O–H groups in total. The number of carbonyl (C=O) groups is 4. The van der Waals surface area contributed by atoms with Crippen LogP contribution in [0.3, 0.4) is 0 Å². The lowest BCUT2D eigenvalue weighted by molar-refractivity contribution is -0.148. The van der Waals surface area contributed by atoms with Crippen molar-refractivity contribution in [2.45, 2.75) is 73.7 Å². The highest BCUT2D eigenvalue weighted by atomic mass is 32.2. The monoisotopic (exact) mass is 410 g/mol. The van der Waals surface area contributed by atoms with Crippen molar-refractivity contribution in [2.75, 3.05) is 13.1 Å². The standard InChI is InChI=1S/C18H26N4O5S/c23-14-3-1-7-21(14)11(13-9-10-16(28-13)20-18(27)19-10)5-6-12(17(25)26)22-8-2-4-15(22)24/h10-13,16H,1-9H2,(H,25,26)(H2,19,20,27). The van der Waals surface area contributed by atoms with Gasteiger partial charge in [0.2, 0.25) is 11.8 Å². The van der Waals surface area contributed by atoms with Crippen LogP contribution in [0, 0.1) is 0 Å². The minimum atomic E-state index is -0.980. The second kappa shape index (κ2) is 7.81. The summed E-state index contributed by atoms with van der Waals surface area (Å²) in [5.74, 6) is -0.965. The summed E-state index contributed by atoms with van der Waals surface area (Å²) in [6.45, 7) is 1.18. The van der Waals surface area contributed by atoms with Crippen molar-refractivity contribution < 1.29 is 24.3 Å². The molecule has 154 valence electrons. The summed E-state index contributed by atoms with van der Waals surface area (Å²) < 4.78 is 0. The number of carbonyl (C=O) groups excluding carboxylic acids is 3. The highest BCUT2D eigenvalue weighted by Gasteiger charge is 2.47. The second-order valence-electron chi connectivity index (χ2n) is 7.94. The van der Waals surface area contributed by atoms with E-state index in [1.165, 1.54) is 4.90 Å². The molecule has 5 atom stereocenters. The Morgan fingerprint density at radius 1 is 1.07 bits per heavy atom. The number of carboxylic acids is 1. The van der Waals surface area contributed by atoms with Crippen LogP contribution in [0.15, 0.2) is 0 Å². The average molecular weight is 410 g/mol. The lowest BCUT2D eigenvalue weighted by atomic mass is 9.97. The molecule has 4 fully saturated rings. The molecule has 10 heteroatoms. The molecule has 0 aromatic rings. The summed E-state index contributed by atoms with van der Waals surface area (Å²) >= 11 is 1.66. The van der Waals surface area contributed by atoms with Crippen molar-refractivity contribution in [3.8, 4) is 0 Å². The van der Waals surface area contributed by atoms with E-state index in [1.54, 1.807) is 11.8 Å². The van der Waals surface area contributed by atoms with Crippen LogP contribution in [0.2, 0.25) is 0 Å². The van der Waals surface area contributed by atoms with E-state index in [9.17, 15) is 24.3 Å². The van der Waals surface area contributed by atoms with Crippen LogP contribution in [-0.4, -0.2) is 80.6 Å². The Bertz CT molecular complexity index is 673. The van der Waals surface area contributed by atoms with Gasteiger partial charge in [-0.05, 0) is 32.1 Å². The number of aliphatic carboxylic acids is 1. The summed E-state index contributed by atoms with van der Waals surface area (Å²) in [6.07, 6.45) is 4.08. The molecule has 4 amide bonds. The molecule has 4 aliphatic heterocycles. The number of hydrogen-bond donors (Lipinski definition) is 3. The largest absolute Gasteiger partial charge is 0.480 e. The number of hydrogen-bond acceptors (Lipinski definition) is 5. The smallest absolute Gasteiger partial charge is 0.326 e. The number of nitrogens with one attached hydrogen (secondary N) is 2. The average Bonchev–Trinajstić information content (AvgIpc) is 3.38. The molecule has 9 nitrogen and oxygen atoms in total. The minimum absolute atomic E-state index is 0.00636. The summed E-state index contributed by atoms with van der Waals surface area (Å²) in [4.78, 5) is 51.1. The quantitative estimate of drug-likeness (QED) is 0.557. The zero-order chi connectivity index (χ0) is 19.8. The van der Waals surface area contributed by atoms with E-state index in [0.29, 0.717) is 45.2 Å². The SMILES string of the molecule is O=C1NC2CC(C(CCC(C(=O)O)N3CCCC3=O)N3CCCC3=O)SC2N1. The fourth-order valence-electron chi connectivity index (χ4n) is 4.87.